The van der Waals surface area contributed by atoms with Gasteiger partial charge in [0.25, 0.3) is 5.91 Å². The van der Waals surface area contributed by atoms with Gasteiger partial charge in [0.1, 0.15) is 5.69 Å². The molecule has 112 valence electrons. The molecule has 4 nitrogen and oxygen atoms in total. The Morgan fingerprint density at radius 1 is 1.33 bits per heavy atom. The number of aromatic nitrogens is 1. The van der Waals surface area contributed by atoms with E-state index in [0.717, 1.165) is 18.2 Å². The number of rotatable bonds is 3. The third-order valence-electron chi connectivity index (χ3n) is 4.71. The smallest absolute Gasteiger partial charge is 0.270 e. The number of hydrogen-bond donors (Lipinski definition) is 0. The van der Waals surface area contributed by atoms with Crippen molar-refractivity contribution in [2.45, 2.75) is 25.8 Å². The first-order valence-corrected chi connectivity index (χ1v) is 8.64. The van der Waals surface area contributed by atoms with Crippen LogP contribution in [0, 0.1) is 5.92 Å². The predicted molar refractivity (Wildman–Crippen MR) is 83.9 cm³/mol. The number of fused-ring (bicyclic) bond motifs is 1. The Balaban J connectivity index is 1.67. The van der Waals surface area contributed by atoms with E-state index in [1.807, 2.05) is 4.90 Å². The largest absolute Gasteiger partial charge is 0.378 e. The highest BCUT2D eigenvalue weighted by Gasteiger charge is 2.26. The van der Waals surface area contributed by atoms with Gasteiger partial charge in [-0.1, -0.05) is 6.42 Å². The van der Waals surface area contributed by atoms with Crippen LogP contribution in [0.5, 0.6) is 0 Å². The summed E-state index contributed by atoms with van der Waals surface area (Å²) in [6, 6.07) is 4.23. The number of ether oxygens (including phenoxy) is 1. The lowest BCUT2D eigenvalue weighted by atomic mass is 9.85. The maximum absolute atomic E-state index is 12.8. The van der Waals surface area contributed by atoms with E-state index in [2.05, 4.69) is 22.1 Å². The number of thiophene rings is 1. The summed E-state index contributed by atoms with van der Waals surface area (Å²) >= 11 is 1.72. The fraction of sp³-hybridized carbons (Fsp3) is 0.562. The maximum atomic E-state index is 12.8. The summed E-state index contributed by atoms with van der Waals surface area (Å²) in [4.78, 5) is 14.8. The zero-order chi connectivity index (χ0) is 14.2. The Labute approximate surface area is 128 Å². The van der Waals surface area contributed by atoms with Gasteiger partial charge in [-0.2, -0.15) is 0 Å². The summed E-state index contributed by atoms with van der Waals surface area (Å²) < 4.78 is 8.84. The molecule has 1 aliphatic heterocycles. The van der Waals surface area contributed by atoms with Crippen molar-refractivity contribution in [2.75, 3.05) is 26.3 Å². The minimum atomic E-state index is 0.168. The summed E-state index contributed by atoms with van der Waals surface area (Å²) in [6.07, 6.45) is 3.94. The van der Waals surface area contributed by atoms with Gasteiger partial charge in [0, 0.05) is 19.6 Å². The molecule has 0 spiro atoms. The molecule has 0 aromatic carbocycles. The maximum Gasteiger partial charge on any atom is 0.270 e. The summed E-state index contributed by atoms with van der Waals surface area (Å²) in [7, 11) is 0. The van der Waals surface area contributed by atoms with Crippen LogP contribution in [0.15, 0.2) is 17.5 Å². The van der Waals surface area contributed by atoms with E-state index in [0.29, 0.717) is 26.3 Å². The molecular weight excluding hydrogens is 284 g/mol. The number of carbonyl (C=O) groups is 1. The molecule has 0 radical (unpaired) electrons. The van der Waals surface area contributed by atoms with Gasteiger partial charge >= 0.3 is 0 Å². The lowest BCUT2D eigenvalue weighted by Gasteiger charge is -2.29. The highest BCUT2D eigenvalue weighted by atomic mass is 32.1. The van der Waals surface area contributed by atoms with Crippen LogP contribution in [-0.4, -0.2) is 41.7 Å². The van der Waals surface area contributed by atoms with Gasteiger partial charge in [0.15, 0.2) is 0 Å². The second-order valence-electron chi connectivity index (χ2n) is 6.01. The molecular formula is C16H20N2O2S. The van der Waals surface area contributed by atoms with Gasteiger partial charge in [-0.25, -0.2) is 0 Å². The molecule has 0 atom stereocenters. The van der Waals surface area contributed by atoms with Crippen molar-refractivity contribution in [1.29, 1.82) is 0 Å². The molecule has 3 heterocycles. The van der Waals surface area contributed by atoms with Crippen LogP contribution in [0.1, 0.15) is 29.8 Å². The van der Waals surface area contributed by atoms with E-state index in [4.69, 9.17) is 4.74 Å². The molecule has 1 amide bonds. The third kappa shape index (κ3) is 2.38. The fourth-order valence-electron chi connectivity index (χ4n) is 3.21. The Kier molecular flexibility index (Phi) is 3.47. The molecule has 1 aliphatic carbocycles. The van der Waals surface area contributed by atoms with Crippen LogP contribution in [-0.2, 0) is 11.3 Å². The lowest BCUT2D eigenvalue weighted by Crippen LogP contribution is -2.41. The molecule has 1 saturated heterocycles. The zero-order valence-corrected chi connectivity index (χ0v) is 12.9. The Hall–Kier alpha value is -1.33. The van der Waals surface area contributed by atoms with Crippen molar-refractivity contribution in [1.82, 2.24) is 9.47 Å². The van der Waals surface area contributed by atoms with Crippen molar-refractivity contribution in [2.24, 2.45) is 5.92 Å². The normalized spacial score (nSPS) is 19.9. The first-order valence-electron chi connectivity index (χ1n) is 7.76. The molecule has 2 aromatic heterocycles. The fourth-order valence-corrected chi connectivity index (χ4v) is 4.04. The summed E-state index contributed by atoms with van der Waals surface area (Å²) in [6.45, 7) is 3.72. The molecule has 2 aromatic rings. The van der Waals surface area contributed by atoms with Gasteiger partial charge in [-0.3, -0.25) is 4.79 Å². The van der Waals surface area contributed by atoms with Crippen molar-refractivity contribution >= 4 is 27.5 Å². The molecule has 0 N–H and O–H groups in total. The minimum absolute atomic E-state index is 0.168. The van der Waals surface area contributed by atoms with E-state index in [9.17, 15) is 4.79 Å². The first kappa shape index (κ1) is 13.3. The highest BCUT2D eigenvalue weighted by molar-refractivity contribution is 7.17. The predicted octanol–water partition coefficient (Wildman–Crippen LogP) is 2.98. The SMILES string of the molecule is O=C(c1cc2sccc2n1CC1CCC1)N1CCOCC1. The molecule has 4 rings (SSSR count). The summed E-state index contributed by atoms with van der Waals surface area (Å²) in [5.41, 5.74) is 2.09. The second kappa shape index (κ2) is 5.46. The monoisotopic (exact) mass is 304 g/mol. The number of amides is 1. The van der Waals surface area contributed by atoms with Crippen LogP contribution in [0.2, 0.25) is 0 Å². The van der Waals surface area contributed by atoms with Crippen LogP contribution >= 0.6 is 11.3 Å². The quantitative estimate of drug-likeness (QED) is 0.873. The van der Waals surface area contributed by atoms with Crippen molar-refractivity contribution in [3.8, 4) is 0 Å². The molecule has 0 bridgehead atoms. The molecule has 2 aliphatic rings. The zero-order valence-electron chi connectivity index (χ0n) is 12.1. The number of morpholine rings is 1. The number of hydrogen-bond acceptors (Lipinski definition) is 3. The van der Waals surface area contributed by atoms with Gasteiger partial charge in [-0.05, 0) is 36.3 Å². The summed E-state index contributed by atoms with van der Waals surface area (Å²) in [5.74, 6) is 0.915. The van der Waals surface area contributed by atoms with Crippen LogP contribution in [0.3, 0.4) is 0 Å². The van der Waals surface area contributed by atoms with Crippen LogP contribution in [0.25, 0.3) is 10.2 Å². The molecule has 1 saturated carbocycles. The molecule has 5 heteroatoms. The van der Waals surface area contributed by atoms with Gasteiger partial charge < -0.3 is 14.2 Å². The number of nitrogens with zero attached hydrogens (tertiary/aromatic N) is 2. The Bertz CT molecular complexity index is 650. The topological polar surface area (TPSA) is 34.5 Å². The third-order valence-corrected chi connectivity index (χ3v) is 5.56. The van der Waals surface area contributed by atoms with Crippen molar-refractivity contribution < 1.29 is 9.53 Å². The van der Waals surface area contributed by atoms with E-state index in [1.54, 1.807) is 11.3 Å². The first-order chi connectivity index (χ1) is 10.3. The standard InChI is InChI=1S/C16H20N2O2S/c19-16(17-5-7-20-8-6-17)14-10-15-13(4-9-21-15)18(14)11-12-2-1-3-12/h4,9-10,12H,1-3,5-8,11H2. The molecule has 2 fully saturated rings. The van der Waals surface area contributed by atoms with Gasteiger partial charge in [-0.15, -0.1) is 11.3 Å². The number of carbonyl (C=O) groups excluding carboxylic acids is 1. The van der Waals surface area contributed by atoms with E-state index in [1.165, 1.54) is 29.5 Å². The van der Waals surface area contributed by atoms with Gasteiger partial charge in [0.05, 0.1) is 23.4 Å². The van der Waals surface area contributed by atoms with E-state index < -0.39 is 0 Å². The average molecular weight is 304 g/mol. The minimum Gasteiger partial charge on any atom is -0.378 e. The van der Waals surface area contributed by atoms with E-state index in [-0.39, 0.29) is 5.91 Å². The highest BCUT2D eigenvalue weighted by Crippen LogP contribution is 2.32. The van der Waals surface area contributed by atoms with Crippen molar-refractivity contribution in [3.63, 3.8) is 0 Å². The molecule has 0 unspecified atom stereocenters. The van der Waals surface area contributed by atoms with Crippen molar-refractivity contribution in [3.05, 3.63) is 23.2 Å². The van der Waals surface area contributed by atoms with Gasteiger partial charge in [0.2, 0.25) is 0 Å². The molecule has 21 heavy (non-hydrogen) atoms. The Morgan fingerprint density at radius 2 is 2.14 bits per heavy atom. The second-order valence-corrected chi connectivity index (χ2v) is 6.96. The summed E-state index contributed by atoms with van der Waals surface area (Å²) in [5, 5.41) is 2.12. The average Bonchev–Trinajstić information content (AvgIpc) is 3.04. The van der Waals surface area contributed by atoms with Crippen LogP contribution in [0.4, 0.5) is 0 Å². The van der Waals surface area contributed by atoms with E-state index >= 15 is 0 Å². The lowest BCUT2D eigenvalue weighted by molar-refractivity contribution is 0.0295. The van der Waals surface area contributed by atoms with Crippen LogP contribution < -0.4 is 0 Å². The Morgan fingerprint density at radius 3 is 2.86 bits per heavy atom.